The van der Waals surface area contributed by atoms with Gasteiger partial charge in [0.15, 0.2) is 0 Å². The molecule has 34 heavy (non-hydrogen) atoms. The standard InChI is InChI=1S/C28H33FN2O3/c1-21-24(12-9-13-26(21)22-10-5-4-6-11-22)20-34-25-16-15-23(27(29)18-25)19-30-17-8-3-2-7-14-28(32)31-33/h4-6,9-13,15-16,18,30,33H,2-3,7-8,14,17,19-20H2,1H3,(H,31,32). The van der Waals surface area contributed by atoms with E-state index >= 15 is 0 Å². The maximum absolute atomic E-state index is 14.5. The first-order valence-electron chi connectivity index (χ1n) is 11.8. The van der Waals surface area contributed by atoms with E-state index in [1.54, 1.807) is 11.5 Å². The van der Waals surface area contributed by atoms with E-state index in [1.165, 1.54) is 17.2 Å². The zero-order chi connectivity index (χ0) is 24.2. The highest BCUT2D eigenvalue weighted by Crippen LogP contribution is 2.26. The number of carbonyl (C=O) groups excluding carboxylic acids is 1. The van der Waals surface area contributed by atoms with E-state index in [-0.39, 0.29) is 11.7 Å². The fourth-order valence-electron chi connectivity index (χ4n) is 3.86. The average Bonchev–Trinajstić information content (AvgIpc) is 2.86. The van der Waals surface area contributed by atoms with Gasteiger partial charge in [-0.3, -0.25) is 10.0 Å². The van der Waals surface area contributed by atoms with Crippen molar-refractivity contribution in [2.45, 2.75) is 52.2 Å². The Bertz CT molecular complexity index is 1060. The SMILES string of the molecule is Cc1c(COc2ccc(CNCCCCCCC(=O)NO)c(F)c2)cccc1-c1ccccc1. The monoisotopic (exact) mass is 464 g/mol. The van der Waals surface area contributed by atoms with Gasteiger partial charge in [0.2, 0.25) is 5.91 Å². The van der Waals surface area contributed by atoms with Gasteiger partial charge in [-0.05, 0) is 54.6 Å². The maximum atomic E-state index is 14.5. The molecule has 0 aromatic heterocycles. The van der Waals surface area contributed by atoms with E-state index in [1.807, 2.05) is 36.4 Å². The molecule has 0 atom stereocenters. The van der Waals surface area contributed by atoms with Crippen LogP contribution in [0.3, 0.4) is 0 Å². The van der Waals surface area contributed by atoms with Crippen LogP contribution in [0, 0.1) is 12.7 Å². The molecule has 0 saturated carbocycles. The van der Waals surface area contributed by atoms with Gasteiger partial charge in [0, 0.05) is 24.6 Å². The van der Waals surface area contributed by atoms with Gasteiger partial charge >= 0.3 is 0 Å². The number of hydrogen-bond acceptors (Lipinski definition) is 4. The fourth-order valence-corrected chi connectivity index (χ4v) is 3.86. The third-order valence-corrected chi connectivity index (χ3v) is 5.90. The molecule has 0 unspecified atom stereocenters. The molecule has 6 heteroatoms. The molecular formula is C28H33FN2O3. The Hall–Kier alpha value is -3.22. The van der Waals surface area contributed by atoms with E-state index in [2.05, 4.69) is 30.4 Å². The zero-order valence-corrected chi connectivity index (χ0v) is 19.6. The molecule has 3 aromatic rings. The number of nitrogens with one attached hydrogen (secondary N) is 2. The molecule has 1 amide bonds. The van der Waals surface area contributed by atoms with Crippen molar-refractivity contribution in [2.75, 3.05) is 6.54 Å². The molecule has 0 saturated heterocycles. The second kappa shape index (κ2) is 13.5. The van der Waals surface area contributed by atoms with Crippen LogP contribution in [0.2, 0.25) is 0 Å². The van der Waals surface area contributed by atoms with Gasteiger partial charge in [-0.15, -0.1) is 0 Å². The molecule has 3 aromatic carbocycles. The van der Waals surface area contributed by atoms with Crippen molar-refractivity contribution in [3.63, 3.8) is 0 Å². The number of rotatable bonds is 13. The van der Waals surface area contributed by atoms with Gasteiger partial charge in [0.25, 0.3) is 0 Å². The smallest absolute Gasteiger partial charge is 0.243 e. The van der Waals surface area contributed by atoms with Crippen molar-refractivity contribution in [3.8, 4) is 16.9 Å². The second-order valence-electron chi connectivity index (χ2n) is 8.37. The first kappa shape index (κ1) is 25.4. The quantitative estimate of drug-likeness (QED) is 0.167. The second-order valence-corrected chi connectivity index (χ2v) is 8.37. The van der Waals surface area contributed by atoms with E-state index < -0.39 is 0 Å². The Kier molecular flexibility index (Phi) is 10.1. The van der Waals surface area contributed by atoms with Crippen LogP contribution in [-0.4, -0.2) is 17.7 Å². The van der Waals surface area contributed by atoms with Crippen LogP contribution >= 0.6 is 0 Å². The molecule has 0 aliphatic heterocycles. The highest BCUT2D eigenvalue weighted by Gasteiger charge is 2.08. The predicted molar refractivity (Wildman–Crippen MR) is 132 cm³/mol. The Morgan fingerprint density at radius 1 is 0.941 bits per heavy atom. The lowest BCUT2D eigenvalue weighted by Gasteiger charge is -2.13. The zero-order valence-electron chi connectivity index (χ0n) is 19.6. The number of hydrogen-bond donors (Lipinski definition) is 3. The lowest BCUT2D eigenvalue weighted by molar-refractivity contribution is -0.129. The third-order valence-electron chi connectivity index (χ3n) is 5.90. The summed E-state index contributed by atoms with van der Waals surface area (Å²) in [5, 5.41) is 11.7. The molecule has 0 fully saturated rings. The van der Waals surface area contributed by atoms with Crippen molar-refractivity contribution < 1.29 is 19.1 Å². The van der Waals surface area contributed by atoms with Crippen LogP contribution in [0.1, 0.15) is 48.8 Å². The maximum Gasteiger partial charge on any atom is 0.243 e. The molecule has 180 valence electrons. The molecule has 0 spiro atoms. The summed E-state index contributed by atoms with van der Waals surface area (Å²) >= 11 is 0. The molecule has 0 aliphatic carbocycles. The highest BCUT2D eigenvalue weighted by atomic mass is 19.1. The van der Waals surface area contributed by atoms with Crippen LogP contribution in [0.4, 0.5) is 4.39 Å². The van der Waals surface area contributed by atoms with Crippen LogP contribution < -0.4 is 15.5 Å². The number of unbranched alkanes of at least 4 members (excludes halogenated alkanes) is 3. The van der Waals surface area contributed by atoms with Crippen LogP contribution in [0.5, 0.6) is 5.75 Å². The Balaban J connectivity index is 1.44. The molecule has 0 heterocycles. The largest absolute Gasteiger partial charge is 0.489 e. The van der Waals surface area contributed by atoms with Gasteiger partial charge in [0.05, 0.1) is 0 Å². The molecule has 3 N–H and O–H groups in total. The lowest BCUT2D eigenvalue weighted by Crippen LogP contribution is -2.18. The number of ether oxygens (including phenoxy) is 1. The number of amides is 1. The fraction of sp³-hybridized carbons (Fsp3) is 0.321. The van der Waals surface area contributed by atoms with Gasteiger partial charge in [-0.2, -0.15) is 0 Å². The number of hydroxylamine groups is 1. The first-order valence-corrected chi connectivity index (χ1v) is 11.8. The minimum Gasteiger partial charge on any atom is -0.489 e. The third kappa shape index (κ3) is 7.68. The van der Waals surface area contributed by atoms with Crippen molar-refractivity contribution in [1.82, 2.24) is 10.8 Å². The summed E-state index contributed by atoms with van der Waals surface area (Å²) in [6.45, 7) is 3.70. The number of halogens is 1. The Labute approximate surface area is 200 Å². The average molecular weight is 465 g/mol. The van der Waals surface area contributed by atoms with Crippen molar-refractivity contribution in [3.05, 3.63) is 89.2 Å². The summed E-state index contributed by atoms with van der Waals surface area (Å²) < 4.78 is 20.4. The van der Waals surface area contributed by atoms with E-state index in [9.17, 15) is 9.18 Å². The van der Waals surface area contributed by atoms with Crippen LogP contribution in [0.15, 0.2) is 66.7 Å². The first-order chi connectivity index (χ1) is 16.6. The summed E-state index contributed by atoms with van der Waals surface area (Å²) in [4.78, 5) is 10.9. The highest BCUT2D eigenvalue weighted by molar-refractivity contribution is 5.74. The van der Waals surface area contributed by atoms with Gasteiger partial charge < -0.3 is 10.1 Å². The van der Waals surface area contributed by atoms with Crippen molar-refractivity contribution >= 4 is 5.91 Å². The molecule has 3 rings (SSSR count). The van der Waals surface area contributed by atoms with Gasteiger partial charge in [-0.1, -0.05) is 67.4 Å². The minimum absolute atomic E-state index is 0.283. The summed E-state index contributed by atoms with van der Waals surface area (Å²) in [7, 11) is 0. The number of benzene rings is 3. The Morgan fingerprint density at radius 3 is 2.50 bits per heavy atom. The Morgan fingerprint density at radius 2 is 1.74 bits per heavy atom. The normalized spacial score (nSPS) is 10.8. The molecular weight excluding hydrogens is 431 g/mol. The molecule has 5 nitrogen and oxygen atoms in total. The van der Waals surface area contributed by atoms with Gasteiger partial charge in [0.1, 0.15) is 18.2 Å². The topological polar surface area (TPSA) is 70.6 Å². The predicted octanol–water partition coefficient (Wildman–Crippen LogP) is 5.93. The molecule has 0 radical (unpaired) electrons. The van der Waals surface area contributed by atoms with Crippen molar-refractivity contribution in [1.29, 1.82) is 0 Å². The summed E-state index contributed by atoms with van der Waals surface area (Å²) in [6, 6.07) is 21.4. The van der Waals surface area contributed by atoms with E-state index in [0.29, 0.717) is 30.9 Å². The summed E-state index contributed by atoms with van der Waals surface area (Å²) in [5.74, 6) is -0.121. The number of carbonyl (C=O) groups is 1. The minimum atomic E-state index is -0.350. The van der Waals surface area contributed by atoms with Crippen LogP contribution in [-0.2, 0) is 17.9 Å². The van der Waals surface area contributed by atoms with E-state index in [4.69, 9.17) is 9.94 Å². The van der Waals surface area contributed by atoms with Crippen molar-refractivity contribution in [2.24, 2.45) is 0 Å². The lowest BCUT2D eigenvalue weighted by atomic mass is 9.97. The molecule has 0 aliphatic rings. The summed E-state index contributed by atoms with van der Waals surface area (Å²) in [6.07, 6.45) is 3.93. The molecule has 0 bridgehead atoms. The van der Waals surface area contributed by atoms with Crippen LogP contribution in [0.25, 0.3) is 11.1 Å². The van der Waals surface area contributed by atoms with E-state index in [0.717, 1.165) is 43.4 Å². The van der Waals surface area contributed by atoms with Gasteiger partial charge in [-0.25, -0.2) is 9.87 Å². The summed E-state index contributed by atoms with van der Waals surface area (Å²) in [5.41, 5.74) is 6.81.